The van der Waals surface area contributed by atoms with Crippen molar-refractivity contribution < 1.29 is 24.9 Å². The molecule has 0 saturated heterocycles. The van der Waals surface area contributed by atoms with E-state index in [9.17, 15) is 0 Å². The maximum atomic E-state index is 7.33. The van der Waals surface area contributed by atoms with Gasteiger partial charge in [0.1, 0.15) is 0 Å². The average Bonchev–Trinajstić information content (AvgIpc) is 0.722. The summed E-state index contributed by atoms with van der Waals surface area (Å²) in [6, 6.07) is 0. The summed E-state index contributed by atoms with van der Waals surface area (Å²) in [7, 11) is -4.61. The van der Waals surface area contributed by atoms with Crippen LogP contribution < -0.4 is 0 Å². The zero-order valence-electron chi connectivity index (χ0n) is 8.41. The minimum Gasteiger partial charge on any atom is -1.00 e. The number of hydrogen-bond donors (Lipinski definition) is 4. The molecule has 4 nitrogen and oxygen atoms in total. The van der Waals surface area contributed by atoms with E-state index in [2.05, 4.69) is 0 Å². The molecular formula is H14AlBiMg2O4Si. The first-order chi connectivity index (χ1) is 2.00. The third-order valence-corrected chi connectivity index (χ3v) is 0. The molecule has 0 radical (unpaired) electrons. The molecule has 9 heavy (non-hydrogen) atoms. The van der Waals surface area contributed by atoms with Gasteiger partial charge < -0.3 is 24.9 Å². The second kappa shape index (κ2) is 13.6. The summed E-state index contributed by atoms with van der Waals surface area (Å²) in [6.45, 7) is 0. The summed E-state index contributed by atoms with van der Waals surface area (Å²) in [5, 5.41) is 0. The van der Waals surface area contributed by atoms with Gasteiger partial charge in [-0.05, 0) is 0 Å². The molecule has 0 aromatic heterocycles. The van der Waals surface area contributed by atoms with Crippen LogP contribution in [0.4, 0.5) is 0 Å². The average molecular weight is 391 g/mol. The first kappa shape index (κ1) is 29.6. The van der Waals surface area contributed by atoms with Gasteiger partial charge in [-0.25, -0.2) is 0 Å². The van der Waals surface area contributed by atoms with E-state index in [-0.39, 0.29) is 95.4 Å². The van der Waals surface area contributed by atoms with E-state index >= 15 is 0 Å². The van der Waals surface area contributed by atoms with Crippen molar-refractivity contribution in [2.75, 3.05) is 0 Å². The normalized spacial score (nSPS) is 6.67. The molecule has 0 heterocycles. The Balaban J connectivity index is -0.00000000286. The van der Waals surface area contributed by atoms with E-state index in [1.54, 1.807) is 0 Å². The fraction of sp³-hybridized carbons (Fsp3) is 0. The maximum absolute atomic E-state index is 7.33. The van der Waals surface area contributed by atoms with E-state index in [0.717, 1.165) is 0 Å². The summed E-state index contributed by atoms with van der Waals surface area (Å²) in [6.07, 6.45) is 0. The van der Waals surface area contributed by atoms with E-state index in [0.29, 0.717) is 0 Å². The van der Waals surface area contributed by atoms with Crippen LogP contribution in [0.15, 0.2) is 0 Å². The molecule has 54 valence electrons. The van der Waals surface area contributed by atoms with Gasteiger partial charge in [-0.3, -0.25) is 0 Å². The first-order valence-corrected chi connectivity index (χ1v) is 2.68. The molecule has 0 spiro atoms. The van der Waals surface area contributed by atoms with Crippen molar-refractivity contribution in [3.05, 3.63) is 0 Å². The topological polar surface area (TPSA) is 80.9 Å². The third kappa shape index (κ3) is 98.8. The molecule has 0 aromatic carbocycles. The number of hydrogen-bond acceptors (Lipinski definition) is 4. The molecule has 0 aliphatic heterocycles. The molecule has 4 N–H and O–H groups in total. The van der Waals surface area contributed by atoms with Crippen LogP contribution in [0.2, 0.25) is 0 Å². The Labute approximate surface area is 122 Å². The van der Waals surface area contributed by atoms with Crippen LogP contribution in [-0.2, 0) is 0 Å². The van der Waals surface area contributed by atoms with Crippen LogP contribution >= 0.6 is 0 Å². The summed E-state index contributed by atoms with van der Waals surface area (Å²) in [4.78, 5) is 29.3. The van der Waals surface area contributed by atoms with E-state index in [1.807, 2.05) is 0 Å². The van der Waals surface area contributed by atoms with Crippen molar-refractivity contribution >= 4 is 98.7 Å². The van der Waals surface area contributed by atoms with Crippen molar-refractivity contribution in [3.63, 3.8) is 0 Å². The molecule has 0 bridgehead atoms. The molecule has 9 heteroatoms. The maximum Gasteiger partial charge on any atom is 2.00 e. The second-order valence-corrected chi connectivity index (χ2v) is 1.80. The fourth-order valence-corrected chi connectivity index (χ4v) is 0. The molecule has 0 atom stereocenters. The number of rotatable bonds is 0. The molecule has 0 unspecified atom stereocenters. The quantitative estimate of drug-likeness (QED) is 0.312. The third-order valence-electron chi connectivity index (χ3n) is 0. The Morgan fingerprint density at radius 2 is 0.889 bits per heavy atom. The van der Waals surface area contributed by atoms with Crippen LogP contribution in [0, 0.1) is 0 Å². The van der Waals surface area contributed by atoms with Crippen LogP contribution in [0.5, 0.6) is 0 Å². The van der Waals surface area contributed by atoms with E-state index < -0.39 is 9.05 Å². The van der Waals surface area contributed by atoms with Gasteiger partial charge >= 0.3 is 81.4 Å². The second-order valence-electron chi connectivity index (χ2n) is 0.600. The Morgan fingerprint density at radius 3 is 0.889 bits per heavy atom. The Bertz CT molecular complexity index is 45.6. The van der Waals surface area contributed by atoms with Gasteiger partial charge in [0.25, 0.3) is 0 Å². The predicted molar refractivity (Wildman–Crippen MR) is 50.5 cm³/mol. The summed E-state index contributed by atoms with van der Waals surface area (Å²) in [5.41, 5.74) is 0. The fourth-order valence-electron chi connectivity index (χ4n) is 0. The Hall–Kier alpha value is 3.00. The van der Waals surface area contributed by atoms with Crippen molar-refractivity contribution in [1.29, 1.82) is 0 Å². The zero-order chi connectivity index (χ0) is 4.50. The monoisotopic (exact) mass is 390 g/mol. The molecule has 0 aliphatic carbocycles. The predicted octanol–water partition coefficient (Wildman–Crippen LogP) is -5.29. The zero-order valence-corrected chi connectivity index (χ0v) is 13.7. The first-order valence-electron chi connectivity index (χ1n) is 0.894. The molecule has 0 rings (SSSR count). The minimum atomic E-state index is -4.61. The van der Waals surface area contributed by atoms with E-state index in [4.69, 9.17) is 19.2 Å². The van der Waals surface area contributed by atoms with Crippen molar-refractivity contribution in [3.8, 4) is 0 Å². The van der Waals surface area contributed by atoms with Crippen molar-refractivity contribution in [2.24, 2.45) is 0 Å². The SMILES string of the molecule is O[Si](O)(O)O.[AlH3].[BiH3].[H-].[H-].[H-].[H-].[Mg+2].[Mg+2]. The van der Waals surface area contributed by atoms with Gasteiger partial charge in [0.05, 0.1) is 0 Å². The van der Waals surface area contributed by atoms with Crippen LogP contribution in [-0.4, -0.2) is 118 Å². The van der Waals surface area contributed by atoms with Crippen molar-refractivity contribution in [2.45, 2.75) is 0 Å². The van der Waals surface area contributed by atoms with Crippen molar-refractivity contribution in [1.82, 2.24) is 0 Å². The van der Waals surface area contributed by atoms with Gasteiger partial charge in [-0.2, -0.15) is 0 Å². The molecule has 0 fully saturated rings. The summed E-state index contributed by atoms with van der Waals surface area (Å²) < 4.78 is 0. The van der Waals surface area contributed by atoms with E-state index in [1.165, 1.54) is 0 Å². The van der Waals surface area contributed by atoms with Crippen LogP contribution in [0.1, 0.15) is 5.71 Å². The van der Waals surface area contributed by atoms with Gasteiger partial charge in [-0.15, -0.1) is 0 Å². The standard InChI is InChI=1S/Al.Bi.2Mg.H4O4Si.10H/c;;;;1-5(2,3)4;;;;;;;;;;/h;;;;1-4H;;;;;;;;;;/q;;2*+2;;;;;;;;4*-1. The van der Waals surface area contributed by atoms with Crippen LogP contribution in [0.25, 0.3) is 0 Å². The molecule has 0 aliphatic rings. The Morgan fingerprint density at radius 1 is 0.889 bits per heavy atom. The molecule has 0 saturated carbocycles. The van der Waals surface area contributed by atoms with Gasteiger partial charge in [-0.1, -0.05) is 0 Å². The Kier molecular flexibility index (Phi) is 44.7. The van der Waals surface area contributed by atoms with Gasteiger partial charge in [0.2, 0.25) is 0 Å². The molecule has 0 amide bonds. The van der Waals surface area contributed by atoms with Gasteiger partial charge in [0, 0.05) is 0 Å². The van der Waals surface area contributed by atoms with Gasteiger partial charge in [0.15, 0.2) is 17.4 Å². The summed E-state index contributed by atoms with van der Waals surface area (Å²) in [5.74, 6) is 0. The minimum absolute atomic E-state index is 0. The largest absolute Gasteiger partial charge is 2.00 e. The van der Waals surface area contributed by atoms with Crippen LogP contribution in [0.3, 0.4) is 0 Å². The molecular weight excluding hydrogens is 377 g/mol. The molecule has 0 aromatic rings. The summed E-state index contributed by atoms with van der Waals surface area (Å²) >= 11 is 0. The smallest absolute Gasteiger partial charge is 1.00 e.